The van der Waals surface area contributed by atoms with E-state index in [-0.39, 0.29) is 11.7 Å². The maximum Gasteiger partial charge on any atom is 0.314 e. The van der Waals surface area contributed by atoms with Crippen molar-refractivity contribution >= 4 is 5.97 Å². The summed E-state index contributed by atoms with van der Waals surface area (Å²) in [5.74, 6) is -2.52. The SMILES string of the molecule is CCC(C(=O)OC(C)(C)C)c1c(F)cc(F)cc1CCC1CO1. The highest BCUT2D eigenvalue weighted by Gasteiger charge is 2.31. The van der Waals surface area contributed by atoms with Crippen molar-refractivity contribution in [1.29, 1.82) is 0 Å². The summed E-state index contributed by atoms with van der Waals surface area (Å²) in [6, 6.07) is 2.15. The molecule has 1 saturated heterocycles. The summed E-state index contributed by atoms with van der Waals surface area (Å²) in [5, 5.41) is 0. The summed E-state index contributed by atoms with van der Waals surface area (Å²) in [7, 11) is 0. The van der Waals surface area contributed by atoms with Crippen molar-refractivity contribution in [1.82, 2.24) is 0 Å². The molecule has 0 aliphatic carbocycles. The zero-order valence-electron chi connectivity index (χ0n) is 14.1. The lowest BCUT2D eigenvalue weighted by atomic mass is 9.89. The van der Waals surface area contributed by atoms with E-state index in [9.17, 15) is 13.6 Å². The number of epoxide rings is 1. The molecule has 2 unspecified atom stereocenters. The lowest BCUT2D eigenvalue weighted by Gasteiger charge is -2.25. The molecule has 1 aliphatic heterocycles. The molecule has 0 radical (unpaired) electrons. The molecule has 128 valence electrons. The Balaban J connectivity index is 2.31. The predicted octanol–water partition coefficient (Wildman–Crippen LogP) is 4.13. The number of carbonyl (C=O) groups excluding carboxylic acids is 1. The van der Waals surface area contributed by atoms with Crippen molar-refractivity contribution in [2.45, 2.75) is 64.6 Å². The van der Waals surface area contributed by atoms with Gasteiger partial charge in [-0.3, -0.25) is 4.79 Å². The predicted molar refractivity (Wildman–Crippen MR) is 83.3 cm³/mol. The highest BCUT2D eigenvalue weighted by molar-refractivity contribution is 5.79. The summed E-state index contributed by atoms with van der Waals surface area (Å²) in [6.07, 6.45) is 1.73. The molecule has 23 heavy (non-hydrogen) atoms. The van der Waals surface area contributed by atoms with Crippen LogP contribution in [0.3, 0.4) is 0 Å². The van der Waals surface area contributed by atoms with Crippen molar-refractivity contribution in [3.8, 4) is 0 Å². The molecule has 0 aromatic heterocycles. The van der Waals surface area contributed by atoms with Crippen molar-refractivity contribution in [2.24, 2.45) is 0 Å². The monoisotopic (exact) mass is 326 g/mol. The molecule has 3 nitrogen and oxygen atoms in total. The van der Waals surface area contributed by atoms with Crippen molar-refractivity contribution in [2.75, 3.05) is 6.61 Å². The highest BCUT2D eigenvalue weighted by Crippen LogP contribution is 2.31. The summed E-state index contributed by atoms with van der Waals surface area (Å²) >= 11 is 0. The Morgan fingerprint density at radius 3 is 2.57 bits per heavy atom. The molecular weight excluding hydrogens is 302 g/mol. The van der Waals surface area contributed by atoms with Crippen LogP contribution in [0.4, 0.5) is 8.78 Å². The number of benzene rings is 1. The minimum absolute atomic E-state index is 0.163. The van der Waals surface area contributed by atoms with E-state index >= 15 is 0 Å². The molecule has 1 heterocycles. The Hall–Kier alpha value is -1.49. The number of esters is 1. The van der Waals surface area contributed by atoms with Crippen LogP contribution in [0.2, 0.25) is 0 Å². The van der Waals surface area contributed by atoms with Gasteiger partial charge in [-0.1, -0.05) is 6.92 Å². The van der Waals surface area contributed by atoms with Gasteiger partial charge in [0.15, 0.2) is 0 Å². The summed E-state index contributed by atoms with van der Waals surface area (Å²) in [6.45, 7) is 7.79. The molecule has 0 bridgehead atoms. The molecule has 0 saturated carbocycles. The average Bonchev–Trinajstić information content (AvgIpc) is 3.21. The van der Waals surface area contributed by atoms with Gasteiger partial charge in [0.1, 0.15) is 17.2 Å². The fourth-order valence-electron chi connectivity index (χ4n) is 2.65. The number of hydrogen-bond acceptors (Lipinski definition) is 3. The molecule has 1 aromatic rings. The van der Waals surface area contributed by atoms with Gasteiger partial charge in [-0.2, -0.15) is 0 Å². The number of carbonyl (C=O) groups is 1. The number of hydrogen-bond donors (Lipinski definition) is 0. The quantitative estimate of drug-likeness (QED) is 0.583. The van der Waals surface area contributed by atoms with Crippen molar-refractivity contribution in [3.05, 3.63) is 34.9 Å². The van der Waals surface area contributed by atoms with Gasteiger partial charge in [-0.25, -0.2) is 8.78 Å². The highest BCUT2D eigenvalue weighted by atomic mass is 19.1. The van der Waals surface area contributed by atoms with E-state index in [2.05, 4.69) is 0 Å². The van der Waals surface area contributed by atoms with Crippen LogP contribution in [0.5, 0.6) is 0 Å². The second-order valence-electron chi connectivity index (χ2n) is 6.95. The minimum atomic E-state index is -0.732. The zero-order valence-corrected chi connectivity index (χ0v) is 14.1. The second-order valence-corrected chi connectivity index (χ2v) is 6.95. The van der Waals surface area contributed by atoms with E-state index < -0.39 is 29.1 Å². The van der Waals surface area contributed by atoms with Gasteiger partial charge in [0.05, 0.1) is 18.6 Å². The molecule has 0 amide bonds. The minimum Gasteiger partial charge on any atom is -0.459 e. The maximum atomic E-state index is 14.4. The summed E-state index contributed by atoms with van der Waals surface area (Å²) in [5.41, 5.74) is 0.128. The zero-order chi connectivity index (χ0) is 17.2. The van der Waals surface area contributed by atoms with Gasteiger partial charge in [-0.05, 0) is 51.7 Å². The van der Waals surface area contributed by atoms with Crippen molar-refractivity contribution < 1.29 is 23.0 Å². The lowest BCUT2D eigenvalue weighted by molar-refractivity contribution is -0.157. The van der Waals surface area contributed by atoms with Gasteiger partial charge < -0.3 is 9.47 Å². The standard InChI is InChI=1S/C18H24F2O3/c1-5-14(17(21)23-18(2,3)4)16-11(6-7-13-10-22-13)8-12(19)9-15(16)20/h8-9,13-14H,5-7,10H2,1-4H3. The maximum absolute atomic E-state index is 14.4. The number of ether oxygens (including phenoxy) is 2. The molecule has 1 aliphatic rings. The third-order valence-corrected chi connectivity index (χ3v) is 3.77. The Kier molecular flexibility index (Phi) is 5.40. The van der Waals surface area contributed by atoms with Crippen LogP contribution in [0.25, 0.3) is 0 Å². The molecular formula is C18H24F2O3. The Morgan fingerprint density at radius 1 is 1.39 bits per heavy atom. The Bertz CT molecular complexity index is 574. The van der Waals surface area contributed by atoms with Crippen LogP contribution in [-0.4, -0.2) is 24.3 Å². The van der Waals surface area contributed by atoms with E-state index in [1.54, 1.807) is 27.7 Å². The average molecular weight is 326 g/mol. The van der Waals surface area contributed by atoms with Gasteiger partial charge >= 0.3 is 5.97 Å². The first-order chi connectivity index (χ1) is 10.7. The molecule has 1 fully saturated rings. The molecule has 1 aromatic carbocycles. The molecule has 0 N–H and O–H groups in total. The van der Waals surface area contributed by atoms with E-state index in [0.29, 0.717) is 31.4 Å². The summed E-state index contributed by atoms with van der Waals surface area (Å²) < 4.78 is 38.6. The van der Waals surface area contributed by atoms with Crippen LogP contribution < -0.4 is 0 Å². The summed E-state index contributed by atoms with van der Waals surface area (Å²) in [4.78, 5) is 12.4. The van der Waals surface area contributed by atoms with Crippen LogP contribution in [0, 0.1) is 11.6 Å². The fourth-order valence-corrected chi connectivity index (χ4v) is 2.65. The molecule has 0 spiro atoms. The van der Waals surface area contributed by atoms with Gasteiger partial charge in [0.25, 0.3) is 0 Å². The smallest absolute Gasteiger partial charge is 0.314 e. The third-order valence-electron chi connectivity index (χ3n) is 3.77. The number of aryl methyl sites for hydroxylation is 1. The largest absolute Gasteiger partial charge is 0.459 e. The van der Waals surface area contributed by atoms with E-state index in [0.717, 1.165) is 6.07 Å². The second kappa shape index (κ2) is 6.95. The van der Waals surface area contributed by atoms with Crippen molar-refractivity contribution in [3.63, 3.8) is 0 Å². The van der Waals surface area contributed by atoms with E-state index in [1.165, 1.54) is 6.07 Å². The topological polar surface area (TPSA) is 38.8 Å². The first-order valence-electron chi connectivity index (χ1n) is 8.03. The number of halogens is 2. The van der Waals surface area contributed by atoms with E-state index in [1.807, 2.05) is 0 Å². The van der Waals surface area contributed by atoms with Gasteiger partial charge in [0.2, 0.25) is 0 Å². The van der Waals surface area contributed by atoms with Crippen LogP contribution in [-0.2, 0) is 20.7 Å². The normalized spacial score (nSPS) is 18.6. The van der Waals surface area contributed by atoms with Crippen LogP contribution >= 0.6 is 0 Å². The lowest BCUT2D eigenvalue weighted by Crippen LogP contribution is -2.28. The molecule has 2 rings (SSSR count). The molecule has 2 atom stereocenters. The van der Waals surface area contributed by atoms with Crippen LogP contribution in [0.15, 0.2) is 12.1 Å². The van der Waals surface area contributed by atoms with E-state index in [4.69, 9.17) is 9.47 Å². The van der Waals surface area contributed by atoms with Gasteiger partial charge in [0, 0.05) is 11.6 Å². The molecule has 5 heteroatoms. The van der Waals surface area contributed by atoms with Crippen LogP contribution in [0.1, 0.15) is 57.6 Å². The first kappa shape index (κ1) is 17.9. The Morgan fingerprint density at radius 2 is 2.04 bits per heavy atom. The Labute approximate surface area is 136 Å². The van der Waals surface area contributed by atoms with Gasteiger partial charge in [-0.15, -0.1) is 0 Å². The third kappa shape index (κ3) is 4.99. The fraction of sp³-hybridized carbons (Fsp3) is 0.611. The first-order valence-corrected chi connectivity index (χ1v) is 8.03. The number of rotatable bonds is 6.